The summed E-state index contributed by atoms with van der Waals surface area (Å²) in [7, 11) is 0. The Bertz CT molecular complexity index is 658. The molecule has 0 amide bonds. The smallest absolute Gasteiger partial charge is 0.115 e. The van der Waals surface area contributed by atoms with Gasteiger partial charge in [0.25, 0.3) is 0 Å². The van der Waals surface area contributed by atoms with Crippen molar-refractivity contribution in [3.05, 3.63) is 29.3 Å². The maximum atomic E-state index is 10.2. The molecule has 4 rings (SSSR count). The molecule has 1 aromatic rings. The number of phenolic OH excluding ortho intramolecular Hbond substituents is 1. The number of aliphatic hydroxyl groups excluding tert-OH is 1. The fourth-order valence-corrected chi connectivity index (χ4v) is 5.87. The van der Waals surface area contributed by atoms with E-state index in [-0.39, 0.29) is 16.9 Å². The van der Waals surface area contributed by atoms with Crippen molar-refractivity contribution in [1.82, 2.24) is 0 Å². The predicted octanol–water partition coefficient (Wildman–Crippen LogP) is 3.40. The van der Waals surface area contributed by atoms with E-state index >= 15 is 0 Å². The van der Waals surface area contributed by atoms with Gasteiger partial charge >= 0.3 is 0 Å². The lowest BCUT2D eigenvalue weighted by molar-refractivity contribution is 0.0318. The molecule has 0 unspecified atom stereocenters. The summed E-state index contributed by atoms with van der Waals surface area (Å²) in [5.41, 5.74) is 2.53. The Balaban J connectivity index is 1.83. The van der Waals surface area contributed by atoms with Gasteiger partial charge in [0.2, 0.25) is 0 Å². The quantitative estimate of drug-likeness (QED) is 0.720. The summed E-state index contributed by atoms with van der Waals surface area (Å²) in [4.78, 5) is 0. The van der Waals surface area contributed by atoms with Gasteiger partial charge in [0.1, 0.15) is 5.75 Å². The third-order valence-electron chi connectivity index (χ3n) is 6.88. The molecule has 2 saturated carbocycles. The van der Waals surface area contributed by atoms with Gasteiger partial charge in [-0.05, 0) is 79.0 Å². The van der Waals surface area contributed by atoms with Crippen molar-refractivity contribution in [3.8, 4) is 18.1 Å². The Morgan fingerprint density at radius 1 is 1.27 bits per heavy atom. The third kappa shape index (κ3) is 1.72. The van der Waals surface area contributed by atoms with E-state index in [1.807, 2.05) is 12.1 Å². The molecule has 2 N–H and O–H groups in total. The molecule has 3 aliphatic carbocycles. The number of aliphatic hydroxyl groups is 1. The topological polar surface area (TPSA) is 40.5 Å². The molecule has 0 saturated heterocycles. The van der Waals surface area contributed by atoms with E-state index in [1.165, 1.54) is 11.1 Å². The molecule has 2 nitrogen and oxygen atoms in total. The van der Waals surface area contributed by atoms with E-state index in [9.17, 15) is 10.2 Å². The van der Waals surface area contributed by atoms with Crippen molar-refractivity contribution in [2.45, 2.75) is 57.0 Å². The molecule has 1 aromatic carbocycles. The molecule has 3 aliphatic rings. The van der Waals surface area contributed by atoms with Gasteiger partial charge in [0.15, 0.2) is 0 Å². The van der Waals surface area contributed by atoms with Crippen LogP contribution < -0.4 is 0 Å². The molecule has 2 fully saturated rings. The third-order valence-corrected chi connectivity index (χ3v) is 6.88. The Morgan fingerprint density at radius 3 is 2.86 bits per heavy atom. The highest BCUT2D eigenvalue weighted by Gasteiger charge is 2.58. The molecule has 0 aromatic heterocycles. The lowest BCUT2D eigenvalue weighted by Crippen LogP contribution is -2.50. The second-order valence-electron chi connectivity index (χ2n) is 7.96. The van der Waals surface area contributed by atoms with Crippen LogP contribution in [0.2, 0.25) is 0 Å². The summed E-state index contributed by atoms with van der Waals surface area (Å²) in [5, 5.41) is 20.0. The van der Waals surface area contributed by atoms with Gasteiger partial charge in [-0.3, -0.25) is 0 Å². The first-order chi connectivity index (χ1) is 10.5. The normalized spacial score (nSPS) is 42.9. The van der Waals surface area contributed by atoms with E-state index in [1.54, 1.807) is 6.07 Å². The fraction of sp³-hybridized carbons (Fsp3) is 0.600. The Kier molecular flexibility index (Phi) is 2.91. The van der Waals surface area contributed by atoms with E-state index in [4.69, 9.17) is 6.42 Å². The van der Waals surface area contributed by atoms with Crippen LogP contribution in [0.5, 0.6) is 5.75 Å². The molecule has 0 heterocycles. The second-order valence-corrected chi connectivity index (χ2v) is 7.96. The van der Waals surface area contributed by atoms with Crippen molar-refractivity contribution in [2.24, 2.45) is 17.3 Å². The summed E-state index contributed by atoms with van der Waals surface area (Å²) < 4.78 is 0. The van der Waals surface area contributed by atoms with Gasteiger partial charge in [0, 0.05) is 0 Å². The van der Waals surface area contributed by atoms with E-state index in [0.717, 1.165) is 38.5 Å². The van der Waals surface area contributed by atoms with E-state index in [0.29, 0.717) is 17.6 Å². The summed E-state index contributed by atoms with van der Waals surface area (Å²) in [6.45, 7) is 2.35. The number of phenols is 1. The maximum absolute atomic E-state index is 10.2. The molecular formula is C20H24O2. The highest BCUT2D eigenvalue weighted by Crippen LogP contribution is 2.63. The number of aromatic hydroxyl groups is 1. The van der Waals surface area contributed by atoms with Crippen molar-refractivity contribution >= 4 is 0 Å². The average molecular weight is 296 g/mol. The standard InChI is InChI=1S/C20H24O2/c1-3-20-9-8-19(2)12-15(22)11-18(19)17(20)6-4-13-10-14(21)5-7-16(13)20/h1,5,7,10,15,17-18,21-22H,4,6,8-9,11-12H2,2H3/t15-,17+,18+,19-,20-/m1/s1. The number of hydrogen-bond acceptors (Lipinski definition) is 2. The lowest BCUT2D eigenvalue weighted by Gasteiger charge is -2.54. The molecule has 0 bridgehead atoms. The first-order valence-corrected chi connectivity index (χ1v) is 8.47. The first-order valence-electron chi connectivity index (χ1n) is 8.47. The first kappa shape index (κ1) is 14.2. The largest absolute Gasteiger partial charge is 0.508 e. The number of aryl methyl sites for hydroxylation is 1. The van der Waals surface area contributed by atoms with Crippen molar-refractivity contribution in [3.63, 3.8) is 0 Å². The van der Waals surface area contributed by atoms with Crippen molar-refractivity contribution < 1.29 is 10.2 Å². The SMILES string of the molecule is C#C[C@]12CC[C@]3(C)C[C@H](O)C[C@H]3[C@@H]1CCc1cc(O)ccc12. The van der Waals surface area contributed by atoms with Crippen LogP contribution in [0.25, 0.3) is 0 Å². The van der Waals surface area contributed by atoms with Gasteiger partial charge in [-0.25, -0.2) is 0 Å². The molecule has 22 heavy (non-hydrogen) atoms. The Morgan fingerprint density at radius 2 is 2.09 bits per heavy atom. The van der Waals surface area contributed by atoms with Gasteiger partial charge in [-0.2, -0.15) is 0 Å². The summed E-state index contributed by atoms with van der Waals surface area (Å²) in [6, 6.07) is 5.71. The van der Waals surface area contributed by atoms with Crippen LogP contribution in [0.1, 0.15) is 50.2 Å². The molecular weight excluding hydrogens is 272 g/mol. The molecule has 0 aliphatic heterocycles. The molecule has 0 spiro atoms. The van der Waals surface area contributed by atoms with Gasteiger partial charge in [-0.15, -0.1) is 6.42 Å². The highest BCUT2D eigenvalue weighted by molar-refractivity contribution is 5.48. The van der Waals surface area contributed by atoms with Crippen LogP contribution in [0.3, 0.4) is 0 Å². The molecule has 2 heteroatoms. The van der Waals surface area contributed by atoms with Crippen LogP contribution in [0.4, 0.5) is 0 Å². The molecule has 116 valence electrons. The van der Waals surface area contributed by atoms with Crippen molar-refractivity contribution in [1.29, 1.82) is 0 Å². The second kappa shape index (κ2) is 4.52. The molecule has 5 atom stereocenters. The van der Waals surface area contributed by atoms with Crippen LogP contribution in [-0.2, 0) is 11.8 Å². The number of terminal acetylenes is 1. The average Bonchev–Trinajstić information content (AvgIpc) is 2.80. The number of rotatable bonds is 0. The highest BCUT2D eigenvalue weighted by atomic mass is 16.3. The monoisotopic (exact) mass is 296 g/mol. The lowest BCUT2D eigenvalue weighted by atomic mass is 9.49. The van der Waals surface area contributed by atoms with Gasteiger partial charge < -0.3 is 10.2 Å². The zero-order chi connectivity index (χ0) is 15.5. The summed E-state index contributed by atoms with van der Waals surface area (Å²) >= 11 is 0. The van der Waals surface area contributed by atoms with Gasteiger partial charge in [0.05, 0.1) is 11.5 Å². The van der Waals surface area contributed by atoms with Crippen LogP contribution in [0.15, 0.2) is 18.2 Å². The molecule has 0 radical (unpaired) electrons. The van der Waals surface area contributed by atoms with Crippen LogP contribution >= 0.6 is 0 Å². The minimum absolute atomic E-state index is 0.162. The minimum Gasteiger partial charge on any atom is -0.508 e. The summed E-state index contributed by atoms with van der Waals surface area (Å²) in [6.07, 6.45) is 11.9. The number of hydrogen-bond donors (Lipinski definition) is 2. The maximum Gasteiger partial charge on any atom is 0.115 e. The zero-order valence-electron chi connectivity index (χ0n) is 13.2. The Hall–Kier alpha value is -1.46. The van der Waals surface area contributed by atoms with Gasteiger partial charge in [-0.1, -0.05) is 18.9 Å². The number of fused-ring (bicyclic) bond motifs is 5. The summed E-state index contributed by atoms with van der Waals surface area (Å²) in [5.74, 6) is 4.50. The Labute approximate surface area is 132 Å². The van der Waals surface area contributed by atoms with Crippen molar-refractivity contribution in [2.75, 3.05) is 0 Å². The van der Waals surface area contributed by atoms with Crippen LogP contribution in [0, 0.1) is 29.6 Å². The zero-order valence-corrected chi connectivity index (χ0v) is 13.2. The minimum atomic E-state index is -0.199. The predicted molar refractivity (Wildman–Crippen MR) is 86.5 cm³/mol. The van der Waals surface area contributed by atoms with Crippen LogP contribution in [-0.4, -0.2) is 16.3 Å². The van der Waals surface area contributed by atoms with E-state index in [2.05, 4.69) is 12.8 Å². The van der Waals surface area contributed by atoms with E-state index < -0.39 is 0 Å². The number of benzene rings is 1. The fourth-order valence-electron chi connectivity index (χ4n) is 5.87.